The zero-order valence-electron chi connectivity index (χ0n) is 11.9. The Kier molecular flexibility index (Phi) is 6.37. The summed E-state index contributed by atoms with van der Waals surface area (Å²) in [4.78, 5) is 23.6. The molecular weight excluding hydrogens is 272 g/mol. The van der Waals surface area contributed by atoms with Crippen molar-refractivity contribution in [3.05, 3.63) is 35.9 Å². The highest BCUT2D eigenvalue weighted by Crippen LogP contribution is 2.14. The van der Waals surface area contributed by atoms with Gasteiger partial charge in [0, 0.05) is 5.92 Å². The van der Waals surface area contributed by atoms with Gasteiger partial charge in [-0.3, -0.25) is 4.79 Å². The van der Waals surface area contributed by atoms with Crippen LogP contribution in [0.4, 0.5) is 0 Å². The quantitative estimate of drug-likeness (QED) is 0.759. The minimum Gasteiger partial charge on any atom is -0.467 e. The van der Waals surface area contributed by atoms with Crippen molar-refractivity contribution < 1.29 is 19.4 Å². The zero-order valence-corrected chi connectivity index (χ0v) is 11.9. The highest BCUT2D eigenvalue weighted by atomic mass is 16.5. The van der Waals surface area contributed by atoms with E-state index in [4.69, 9.17) is 5.26 Å². The average Bonchev–Trinajstić information content (AvgIpc) is 2.53. The third-order valence-corrected chi connectivity index (χ3v) is 2.98. The summed E-state index contributed by atoms with van der Waals surface area (Å²) in [5.41, 5.74) is 0.423. The number of nitriles is 1. The largest absolute Gasteiger partial charge is 0.467 e. The molecule has 0 saturated carbocycles. The van der Waals surface area contributed by atoms with Crippen molar-refractivity contribution in [3.8, 4) is 6.07 Å². The van der Waals surface area contributed by atoms with Crippen LogP contribution in [0.5, 0.6) is 0 Å². The number of aliphatic hydroxyl groups excluding tert-OH is 1. The summed E-state index contributed by atoms with van der Waals surface area (Å²) in [5, 5.41) is 21.2. The van der Waals surface area contributed by atoms with Gasteiger partial charge in [-0.2, -0.15) is 5.26 Å². The second-order valence-electron chi connectivity index (χ2n) is 4.66. The first-order valence-corrected chi connectivity index (χ1v) is 6.50. The van der Waals surface area contributed by atoms with E-state index in [0.29, 0.717) is 5.56 Å². The van der Waals surface area contributed by atoms with Crippen LogP contribution < -0.4 is 5.32 Å². The van der Waals surface area contributed by atoms with Crippen LogP contribution in [-0.2, 0) is 14.3 Å². The topological polar surface area (TPSA) is 99.4 Å². The van der Waals surface area contributed by atoms with Gasteiger partial charge in [-0.15, -0.1) is 0 Å². The maximum atomic E-state index is 12.0. The summed E-state index contributed by atoms with van der Waals surface area (Å²) < 4.78 is 4.60. The number of nitrogens with one attached hydrogen (secondary N) is 1. The Morgan fingerprint density at radius 1 is 1.38 bits per heavy atom. The Balaban J connectivity index is 2.76. The maximum absolute atomic E-state index is 12.0. The number of nitrogens with zero attached hydrogens (tertiary/aromatic N) is 1. The van der Waals surface area contributed by atoms with Gasteiger partial charge in [-0.1, -0.05) is 30.3 Å². The highest BCUT2D eigenvalue weighted by Gasteiger charge is 2.27. The van der Waals surface area contributed by atoms with Crippen LogP contribution in [-0.4, -0.2) is 30.1 Å². The lowest BCUT2D eigenvalue weighted by atomic mass is 10.0. The van der Waals surface area contributed by atoms with Crippen LogP contribution in [0.25, 0.3) is 0 Å². The molecule has 6 nitrogen and oxygen atoms in total. The number of hydrogen-bond acceptors (Lipinski definition) is 5. The molecule has 1 amide bonds. The Hall–Kier alpha value is -2.39. The third-order valence-electron chi connectivity index (χ3n) is 2.98. The Bertz CT molecular complexity index is 524. The van der Waals surface area contributed by atoms with Crippen LogP contribution in [0.3, 0.4) is 0 Å². The van der Waals surface area contributed by atoms with Crippen LogP contribution in [0, 0.1) is 17.2 Å². The van der Waals surface area contributed by atoms with Crippen LogP contribution >= 0.6 is 0 Å². The van der Waals surface area contributed by atoms with Gasteiger partial charge in [-0.05, 0) is 18.9 Å². The lowest BCUT2D eigenvalue weighted by Gasteiger charge is -2.19. The smallest absolute Gasteiger partial charge is 0.328 e. The first-order chi connectivity index (χ1) is 9.99. The Morgan fingerprint density at radius 3 is 2.52 bits per heavy atom. The molecule has 0 unspecified atom stereocenters. The van der Waals surface area contributed by atoms with Gasteiger partial charge in [0.2, 0.25) is 0 Å². The second kappa shape index (κ2) is 8.02. The van der Waals surface area contributed by atoms with Crippen molar-refractivity contribution in [3.63, 3.8) is 0 Å². The predicted octanol–water partition coefficient (Wildman–Crippen LogP) is 0.928. The molecule has 2 N–H and O–H groups in total. The fraction of sp³-hybridized carbons (Fsp3) is 0.400. The van der Waals surface area contributed by atoms with E-state index in [1.807, 2.05) is 6.07 Å². The molecule has 0 aliphatic rings. The number of aliphatic hydroxyl groups is 1. The van der Waals surface area contributed by atoms with Gasteiger partial charge in [-0.25, -0.2) is 4.79 Å². The van der Waals surface area contributed by atoms with Crippen molar-refractivity contribution in [2.45, 2.75) is 25.5 Å². The van der Waals surface area contributed by atoms with Crippen LogP contribution in [0.1, 0.15) is 25.0 Å². The lowest BCUT2D eigenvalue weighted by molar-refractivity contribution is -0.146. The maximum Gasteiger partial charge on any atom is 0.328 e. The average molecular weight is 290 g/mol. The van der Waals surface area contributed by atoms with Crippen molar-refractivity contribution in [2.75, 3.05) is 7.11 Å². The van der Waals surface area contributed by atoms with E-state index in [-0.39, 0.29) is 6.42 Å². The number of ether oxygens (including phenoxy) is 1. The lowest BCUT2D eigenvalue weighted by Crippen LogP contribution is -2.44. The first kappa shape index (κ1) is 16.7. The van der Waals surface area contributed by atoms with E-state index in [0.717, 1.165) is 0 Å². The number of benzene rings is 1. The minimum absolute atomic E-state index is 0.121. The van der Waals surface area contributed by atoms with Gasteiger partial charge in [0.25, 0.3) is 5.91 Å². The summed E-state index contributed by atoms with van der Waals surface area (Å²) >= 11 is 0. The van der Waals surface area contributed by atoms with E-state index in [1.165, 1.54) is 7.11 Å². The monoisotopic (exact) mass is 290 g/mol. The number of hydrogen-bond donors (Lipinski definition) is 2. The highest BCUT2D eigenvalue weighted by molar-refractivity contribution is 5.87. The number of methoxy groups -OCH3 is 1. The zero-order chi connectivity index (χ0) is 15.8. The molecule has 3 atom stereocenters. The molecule has 0 aliphatic heterocycles. The minimum atomic E-state index is -1.38. The number of carbonyl (C=O) groups excluding carboxylic acids is 2. The summed E-state index contributed by atoms with van der Waals surface area (Å²) in [6.45, 7) is 1.63. The molecule has 0 aliphatic carbocycles. The fourth-order valence-electron chi connectivity index (χ4n) is 1.80. The molecule has 0 fully saturated rings. The molecule has 0 spiro atoms. The molecule has 0 radical (unpaired) electrons. The van der Waals surface area contributed by atoms with Crippen molar-refractivity contribution >= 4 is 11.9 Å². The molecule has 112 valence electrons. The Morgan fingerprint density at radius 2 is 2.00 bits per heavy atom. The number of amides is 1. The van der Waals surface area contributed by atoms with Crippen molar-refractivity contribution in [1.29, 1.82) is 5.26 Å². The summed E-state index contributed by atoms with van der Waals surface area (Å²) in [7, 11) is 1.20. The summed E-state index contributed by atoms with van der Waals surface area (Å²) in [5.74, 6) is -1.78. The van der Waals surface area contributed by atoms with Gasteiger partial charge >= 0.3 is 5.97 Å². The van der Waals surface area contributed by atoms with Crippen LogP contribution in [0.15, 0.2) is 30.3 Å². The van der Waals surface area contributed by atoms with Crippen molar-refractivity contribution in [2.24, 2.45) is 5.92 Å². The molecule has 1 aromatic carbocycles. The van der Waals surface area contributed by atoms with Crippen molar-refractivity contribution in [1.82, 2.24) is 5.32 Å². The second-order valence-corrected chi connectivity index (χ2v) is 4.66. The molecule has 0 heterocycles. The summed E-state index contributed by atoms with van der Waals surface area (Å²) in [6, 6.07) is 9.39. The number of carbonyl (C=O) groups is 2. The molecular formula is C15H18N2O4. The Labute approximate surface area is 123 Å². The molecule has 1 rings (SSSR count). The molecule has 0 bridgehead atoms. The molecule has 21 heavy (non-hydrogen) atoms. The molecule has 0 saturated heterocycles. The molecule has 6 heteroatoms. The van der Waals surface area contributed by atoms with Gasteiger partial charge in [0.1, 0.15) is 6.04 Å². The van der Waals surface area contributed by atoms with Gasteiger partial charge < -0.3 is 15.2 Å². The molecule has 1 aromatic rings. The molecule has 0 aromatic heterocycles. The van der Waals surface area contributed by atoms with E-state index in [2.05, 4.69) is 10.1 Å². The van der Waals surface area contributed by atoms with Crippen LogP contribution in [0.2, 0.25) is 0 Å². The fourth-order valence-corrected chi connectivity index (χ4v) is 1.80. The number of rotatable bonds is 6. The number of esters is 1. The first-order valence-electron chi connectivity index (χ1n) is 6.50. The van der Waals surface area contributed by atoms with Gasteiger partial charge in [0.05, 0.1) is 13.2 Å². The standard InChI is InChI=1S/C15H18N2O4/c1-10(9-16)8-12(15(20)21-2)17-14(19)13(18)11-6-4-3-5-7-11/h3-7,10,12-13,18H,8H2,1-2H3,(H,17,19)/t10-,12-,13-/m0/s1. The predicted molar refractivity (Wildman–Crippen MR) is 74.7 cm³/mol. The summed E-state index contributed by atoms with van der Waals surface area (Å²) in [6.07, 6.45) is -1.26. The normalized spacial score (nSPS) is 14.4. The SMILES string of the molecule is COC(=O)[C@H](C[C@H](C)C#N)NC(=O)[C@@H](O)c1ccccc1. The van der Waals surface area contributed by atoms with Gasteiger partial charge in [0.15, 0.2) is 6.10 Å². The van der Waals surface area contributed by atoms with E-state index in [9.17, 15) is 14.7 Å². The van der Waals surface area contributed by atoms with E-state index in [1.54, 1.807) is 37.3 Å². The van der Waals surface area contributed by atoms with E-state index < -0.39 is 29.9 Å². The third kappa shape index (κ3) is 4.89. The van der Waals surface area contributed by atoms with E-state index >= 15 is 0 Å².